The molecule has 0 bridgehead atoms. The van der Waals surface area contributed by atoms with Gasteiger partial charge in [-0.1, -0.05) is 19.8 Å². The first-order chi connectivity index (χ1) is 9.41. The molecule has 0 aliphatic heterocycles. The third-order valence-electron chi connectivity index (χ3n) is 3.97. The van der Waals surface area contributed by atoms with Crippen LogP contribution in [0.3, 0.4) is 0 Å². The van der Waals surface area contributed by atoms with Crippen LogP contribution in [0.4, 0.5) is 11.4 Å². The summed E-state index contributed by atoms with van der Waals surface area (Å²) >= 11 is 0. The molecule has 1 aliphatic rings. The topological polar surface area (TPSA) is 98.3 Å². The molecular formula is C14H19N3O3. The molecule has 1 aromatic rings. The van der Waals surface area contributed by atoms with Crippen LogP contribution in [-0.2, 0) is 0 Å². The number of nitrogens with one attached hydrogen (secondary N) is 1. The summed E-state index contributed by atoms with van der Waals surface area (Å²) in [6.45, 7) is 2.80. The maximum Gasteiger partial charge on any atom is 0.292 e. The zero-order chi connectivity index (χ0) is 14.8. The van der Waals surface area contributed by atoms with Gasteiger partial charge in [-0.05, 0) is 30.4 Å². The van der Waals surface area contributed by atoms with E-state index in [0.717, 1.165) is 12.8 Å². The number of hydrogen-bond donors (Lipinski definition) is 2. The normalized spacial score (nSPS) is 16.9. The van der Waals surface area contributed by atoms with E-state index in [1.54, 1.807) is 0 Å². The minimum Gasteiger partial charge on any atom is -0.393 e. The molecule has 2 rings (SSSR count). The number of nitrogens with two attached hydrogens (primary N) is 1. The van der Waals surface area contributed by atoms with Gasteiger partial charge in [-0.2, -0.15) is 0 Å². The Labute approximate surface area is 117 Å². The minimum absolute atomic E-state index is 0.00901. The summed E-state index contributed by atoms with van der Waals surface area (Å²) in [6, 6.07) is 4.05. The second-order valence-corrected chi connectivity index (χ2v) is 5.73. The Kier molecular flexibility index (Phi) is 3.92. The van der Waals surface area contributed by atoms with E-state index < -0.39 is 4.92 Å². The minimum atomic E-state index is -0.559. The molecule has 108 valence electrons. The average molecular weight is 277 g/mol. The quantitative estimate of drug-likeness (QED) is 0.501. The first-order valence-corrected chi connectivity index (χ1v) is 6.73. The standard InChI is InChI=1S/C14H19N3O3/c1-14(6-2-3-7-14)9-16-13(18)10-4-5-12(17(19)20)11(15)8-10/h4-5,8H,2-3,6-7,9,15H2,1H3,(H,16,18). The van der Waals surface area contributed by atoms with Gasteiger partial charge < -0.3 is 11.1 Å². The highest BCUT2D eigenvalue weighted by molar-refractivity contribution is 5.95. The molecule has 6 heteroatoms. The van der Waals surface area contributed by atoms with Gasteiger partial charge in [-0.15, -0.1) is 0 Å². The second kappa shape index (κ2) is 5.48. The molecular weight excluding hydrogens is 258 g/mol. The summed E-state index contributed by atoms with van der Waals surface area (Å²) in [6.07, 6.45) is 4.65. The largest absolute Gasteiger partial charge is 0.393 e. The van der Waals surface area contributed by atoms with Gasteiger partial charge in [0.15, 0.2) is 0 Å². The van der Waals surface area contributed by atoms with Crippen molar-refractivity contribution < 1.29 is 9.72 Å². The molecule has 0 radical (unpaired) electrons. The third-order valence-corrected chi connectivity index (χ3v) is 3.97. The van der Waals surface area contributed by atoms with Gasteiger partial charge in [0.1, 0.15) is 5.69 Å². The summed E-state index contributed by atoms with van der Waals surface area (Å²) in [5, 5.41) is 13.6. The molecule has 6 nitrogen and oxygen atoms in total. The van der Waals surface area contributed by atoms with Crippen LogP contribution in [0, 0.1) is 15.5 Å². The highest BCUT2D eigenvalue weighted by atomic mass is 16.6. The second-order valence-electron chi connectivity index (χ2n) is 5.73. The fourth-order valence-corrected chi connectivity index (χ4v) is 2.66. The van der Waals surface area contributed by atoms with Crippen molar-refractivity contribution in [1.29, 1.82) is 0 Å². The number of amides is 1. The first-order valence-electron chi connectivity index (χ1n) is 6.73. The van der Waals surface area contributed by atoms with Gasteiger partial charge in [0, 0.05) is 18.2 Å². The Morgan fingerprint density at radius 2 is 2.10 bits per heavy atom. The van der Waals surface area contributed by atoms with Crippen LogP contribution in [0.25, 0.3) is 0 Å². The zero-order valence-electron chi connectivity index (χ0n) is 11.5. The number of nitro groups is 1. The lowest BCUT2D eigenvalue weighted by atomic mass is 9.89. The Balaban J connectivity index is 2.02. The van der Waals surface area contributed by atoms with Crippen molar-refractivity contribution in [3.63, 3.8) is 0 Å². The average Bonchev–Trinajstić information content (AvgIpc) is 2.83. The molecule has 1 saturated carbocycles. The van der Waals surface area contributed by atoms with E-state index in [9.17, 15) is 14.9 Å². The van der Waals surface area contributed by atoms with Gasteiger partial charge in [0.2, 0.25) is 0 Å². The molecule has 1 amide bonds. The Bertz CT molecular complexity index is 536. The van der Waals surface area contributed by atoms with Crippen molar-refractivity contribution in [3.8, 4) is 0 Å². The predicted molar refractivity (Wildman–Crippen MR) is 76.4 cm³/mol. The number of rotatable bonds is 4. The molecule has 0 saturated heterocycles. The van der Waals surface area contributed by atoms with Crippen LogP contribution >= 0.6 is 0 Å². The van der Waals surface area contributed by atoms with Gasteiger partial charge in [-0.3, -0.25) is 14.9 Å². The van der Waals surface area contributed by atoms with E-state index >= 15 is 0 Å². The smallest absolute Gasteiger partial charge is 0.292 e. The molecule has 0 unspecified atom stereocenters. The van der Waals surface area contributed by atoms with Crippen LogP contribution in [-0.4, -0.2) is 17.4 Å². The van der Waals surface area contributed by atoms with Gasteiger partial charge in [0.25, 0.3) is 11.6 Å². The maximum atomic E-state index is 12.0. The van der Waals surface area contributed by atoms with E-state index in [1.165, 1.54) is 31.0 Å². The van der Waals surface area contributed by atoms with E-state index in [1.807, 2.05) is 0 Å². The number of benzene rings is 1. The third kappa shape index (κ3) is 3.07. The van der Waals surface area contributed by atoms with Gasteiger partial charge >= 0.3 is 0 Å². The first kappa shape index (κ1) is 14.3. The number of carbonyl (C=O) groups excluding carboxylic acids is 1. The zero-order valence-corrected chi connectivity index (χ0v) is 11.5. The van der Waals surface area contributed by atoms with Crippen molar-refractivity contribution in [2.45, 2.75) is 32.6 Å². The molecule has 1 aromatic carbocycles. The summed E-state index contributed by atoms with van der Waals surface area (Å²) in [5.41, 5.74) is 5.94. The molecule has 1 fully saturated rings. The molecule has 0 atom stereocenters. The lowest BCUT2D eigenvalue weighted by Gasteiger charge is -2.23. The maximum absolute atomic E-state index is 12.0. The summed E-state index contributed by atoms with van der Waals surface area (Å²) in [4.78, 5) is 22.2. The fraction of sp³-hybridized carbons (Fsp3) is 0.500. The summed E-state index contributed by atoms with van der Waals surface area (Å²) in [7, 11) is 0. The van der Waals surface area contributed by atoms with E-state index in [-0.39, 0.29) is 22.7 Å². The Hall–Kier alpha value is -2.11. The van der Waals surface area contributed by atoms with E-state index in [4.69, 9.17) is 5.73 Å². The van der Waals surface area contributed by atoms with Crippen LogP contribution < -0.4 is 11.1 Å². The van der Waals surface area contributed by atoms with Crippen LogP contribution in [0.5, 0.6) is 0 Å². The Morgan fingerprint density at radius 1 is 1.45 bits per heavy atom. The van der Waals surface area contributed by atoms with Crippen LogP contribution in [0.2, 0.25) is 0 Å². The lowest BCUT2D eigenvalue weighted by Crippen LogP contribution is -2.34. The fourth-order valence-electron chi connectivity index (χ4n) is 2.66. The highest BCUT2D eigenvalue weighted by Crippen LogP contribution is 2.36. The predicted octanol–water partition coefficient (Wildman–Crippen LogP) is 2.49. The van der Waals surface area contributed by atoms with Crippen molar-refractivity contribution in [1.82, 2.24) is 5.32 Å². The number of nitrogen functional groups attached to an aromatic ring is 1. The number of nitro benzene ring substituents is 1. The monoisotopic (exact) mass is 277 g/mol. The SMILES string of the molecule is CC1(CNC(=O)c2ccc([N+](=O)[O-])c(N)c2)CCCC1. The molecule has 3 N–H and O–H groups in total. The number of hydrogen-bond acceptors (Lipinski definition) is 4. The molecule has 0 heterocycles. The summed E-state index contributed by atoms with van der Waals surface area (Å²) in [5.74, 6) is -0.236. The van der Waals surface area contributed by atoms with Crippen molar-refractivity contribution in [2.24, 2.45) is 5.41 Å². The Morgan fingerprint density at radius 3 is 2.65 bits per heavy atom. The molecule has 1 aliphatic carbocycles. The van der Waals surface area contributed by atoms with Crippen LogP contribution in [0.1, 0.15) is 43.0 Å². The van der Waals surface area contributed by atoms with Crippen molar-refractivity contribution >= 4 is 17.3 Å². The van der Waals surface area contributed by atoms with Crippen LogP contribution in [0.15, 0.2) is 18.2 Å². The van der Waals surface area contributed by atoms with Gasteiger partial charge in [-0.25, -0.2) is 0 Å². The molecule has 0 aromatic heterocycles. The highest BCUT2D eigenvalue weighted by Gasteiger charge is 2.29. The van der Waals surface area contributed by atoms with E-state index in [0.29, 0.717) is 12.1 Å². The number of anilines is 1. The van der Waals surface area contributed by atoms with Crippen molar-refractivity contribution in [2.75, 3.05) is 12.3 Å². The molecule has 0 spiro atoms. The van der Waals surface area contributed by atoms with Crippen molar-refractivity contribution in [3.05, 3.63) is 33.9 Å². The number of nitrogens with zero attached hydrogens (tertiary/aromatic N) is 1. The summed E-state index contributed by atoms with van der Waals surface area (Å²) < 4.78 is 0. The van der Waals surface area contributed by atoms with Gasteiger partial charge in [0.05, 0.1) is 4.92 Å². The molecule has 20 heavy (non-hydrogen) atoms. The number of carbonyl (C=O) groups is 1. The lowest BCUT2D eigenvalue weighted by molar-refractivity contribution is -0.383. The van der Waals surface area contributed by atoms with E-state index in [2.05, 4.69) is 12.2 Å².